The summed E-state index contributed by atoms with van der Waals surface area (Å²) in [5.41, 5.74) is 0.421. The fourth-order valence-corrected chi connectivity index (χ4v) is 3.37. The van der Waals surface area contributed by atoms with Crippen LogP contribution in [0.5, 0.6) is 11.5 Å². The molecule has 4 nitrogen and oxygen atoms in total. The van der Waals surface area contributed by atoms with Crippen molar-refractivity contribution >= 4 is 23.4 Å². The zero-order valence-corrected chi connectivity index (χ0v) is 16.0. The van der Waals surface area contributed by atoms with Crippen molar-refractivity contribution in [2.75, 3.05) is 0 Å². The first-order valence-corrected chi connectivity index (χ1v) is 9.20. The van der Waals surface area contributed by atoms with Gasteiger partial charge in [0.25, 0.3) is 11.8 Å². The number of carbonyl (C=O) groups excluding carboxylic acids is 2. The van der Waals surface area contributed by atoms with E-state index in [4.69, 9.17) is 16.3 Å². The highest BCUT2D eigenvalue weighted by Gasteiger charge is 2.35. The Kier molecular flexibility index (Phi) is 4.99. The van der Waals surface area contributed by atoms with Gasteiger partial charge < -0.3 is 4.74 Å². The zero-order valence-electron chi connectivity index (χ0n) is 15.2. The van der Waals surface area contributed by atoms with Crippen molar-refractivity contribution in [3.05, 3.63) is 94.0 Å². The van der Waals surface area contributed by atoms with Gasteiger partial charge in [0, 0.05) is 0 Å². The quantitative estimate of drug-likeness (QED) is 0.480. The number of rotatable bonds is 4. The summed E-state index contributed by atoms with van der Waals surface area (Å²) in [6.07, 6.45) is -4.59. The molecule has 0 spiro atoms. The van der Waals surface area contributed by atoms with Crippen molar-refractivity contribution in [2.24, 2.45) is 0 Å². The predicted molar refractivity (Wildman–Crippen MR) is 104 cm³/mol. The van der Waals surface area contributed by atoms with E-state index in [1.807, 2.05) is 0 Å². The normalized spacial score (nSPS) is 13.5. The number of ether oxygens (including phenoxy) is 1. The molecule has 3 aromatic carbocycles. The summed E-state index contributed by atoms with van der Waals surface area (Å²) in [6, 6.07) is 16.3. The molecule has 3 aromatic rings. The SMILES string of the molecule is O=C1c2ccccc2C(=O)N1Cc1ccc(Oc2ccc(Cl)c(C(F)(F)F)c2)cc1. The molecule has 0 N–H and O–H groups in total. The fraction of sp³-hybridized carbons (Fsp3) is 0.0909. The molecule has 0 atom stereocenters. The Bertz CT molecular complexity index is 1110. The number of carbonyl (C=O) groups is 2. The van der Waals surface area contributed by atoms with E-state index in [2.05, 4.69) is 0 Å². The van der Waals surface area contributed by atoms with Gasteiger partial charge in [0.05, 0.1) is 28.3 Å². The summed E-state index contributed by atoms with van der Waals surface area (Å²) in [5, 5.41) is -0.411. The molecular formula is C22H13ClF3NO3. The first kappa shape index (κ1) is 20.0. The second kappa shape index (κ2) is 7.50. The van der Waals surface area contributed by atoms with Gasteiger partial charge >= 0.3 is 6.18 Å². The van der Waals surface area contributed by atoms with Gasteiger partial charge in [0.15, 0.2) is 0 Å². The fourth-order valence-electron chi connectivity index (χ4n) is 3.15. The van der Waals surface area contributed by atoms with E-state index in [9.17, 15) is 22.8 Å². The molecule has 1 aliphatic heterocycles. The van der Waals surface area contributed by atoms with Crippen LogP contribution in [0.15, 0.2) is 66.7 Å². The highest BCUT2D eigenvalue weighted by Crippen LogP contribution is 2.37. The molecule has 0 aromatic heterocycles. The van der Waals surface area contributed by atoms with Crippen molar-refractivity contribution in [1.29, 1.82) is 0 Å². The third kappa shape index (κ3) is 3.76. The van der Waals surface area contributed by atoms with Crippen molar-refractivity contribution in [1.82, 2.24) is 4.90 Å². The molecule has 0 fully saturated rings. The Morgan fingerprint density at radius 3 is 1.97 bits per heavy atom. The summed E-state index contributed by atoms with van der Waals surface area (Å²) in [6.45, 7) is 0.0752. The molecule has 2 amide bonds. The lowest BCUT2D eigenvalue weighted by molar-refractivity contribution is -0.137. The van der Waals surface area contributed by atoms with Gasteiger partial charge in [-0.3, -0.25) is 14.5 Å². The lowest BCUT2D eigenvalue weighted by Crippen LogP contribution is -2.29. The van der Waals surface area contributed by atoms with E-state index in [1.54, 1.807) is 48.5 Å². The summed E-state index contributed by atoms with van der Waals surface area (Å²) in [4.78, 5) is 26.0. The van der Waals surface area contributed by atoms with Crippen LogP contribution in [0.25, 0.3) is 0 Å². The highest BCUT2D eigenvalue weighted by atomic mass is 35.5. The number of fused-ring (bicyclic) bond motifs is 1. The molecule has 0 saturated carbocycles. The van der Waals surface area contributed by atoms with Gasteiger partial charge in [-0.15, -0.1) is 0 Å². The molecule has 1 heterocycles. The van der Waals surface area contributed by atoms with Crippen molar-refractivity contribution in [2.45, 2.75) is 12.7 Å². The lowest BCUT2D eigenvalue weighted by Gasteiger charge is -2.15. The van der Waals surface area contributed by atoms with Crippen LogP contribution in [-0.4, -0.2) is 16.7 Å². The Balaban J connectivity index is 1.48. The standard InChI is InChI=1S/C22H13ClF3NO3/c23-19-10-9-15(11-18(19)22(24,25)26)30-14-7-5-13(6-8-14)12-27-20(28)16-3-1-2-4-17(16)21(27)29/h1-11H,12H2. The van der Waals surface area contributed by atoms with Gasteiger partial charge in [0.1, 0.15) is 11.5 Å². The van der Waals surface area contributed by atoms with Crippen LogP contribution in [-0.2, 0) is 12.7 Å². The predicted octanol–water partition coefficient (Wildman–Crippen LogP) is 5.95. The summed E-state index contributed by atoms with van der Waals surface area (Å²) in [5.74, 6) is -0.440. The van der Waals surface area contributed by atoms with Gasteiger partial charge in [-0.05, 0) is 48.0 Å². The molecule has 0 aliphatic carbocycles. The Labute approximate surface area is 174 Å². The highest BCUT2D eigenvalue weighted by molar-refractivity contribution is 6.31. The topological polar surface area (TPSA) is 46.6 Å². The van der Waals surface area contributed by atoms with Crippen LogP contribution in [0.2, 0.25) is 5.02 Å². The van der Waals surface area contributed by atoms with E-state index in [-0.39, 0.29) is 24.1 Å². The average Bonchev–Trinajstić information content (AvgIpc) is 2.95. The number of nitrogens with zero attached hydrogens (tertiary/aromatic N) is 1. The molecule has 1 aliphatic rings. The van der Waals surface area contributed by atoms with Gasteiger partial charge in [-0.2, -0.15) is 13.2 Å². The second-order valence-electron chi connectivity index (χ2n) is 6.63. The minimum Gasteiger partial charge on any atom is -0.457 e. The number of hydrogen-bond acceptors (Lipinski definition) is 3. The van der Waals surface area contributed by atoms with E-state index in [0.29, 0.717) is 22.4 Å². The molecule has 0 saturated heterocycles. The van der Waals surface area contributed by atoms with E-state index in [1.165, 1.54) is 6.07 Å². The maximum atomic E-state index is 13.0. The van der Waals surface area contributed by atoms with Gasteiger partial charge in [-0.25, -0.2) is 0 Å². The van der Waals surface area contributed by atoms with E-state index >= 15 is 0 Å². The molecule has 0 bridgehead atoms. The molecule has 8 heteroatoms. The monoisotopic (exact) mass is 431 g/mol. The smallest absolute Gasteiger partial charge is 0.417 e. The molecule has 0 radical (unpaired) electrons. The first-order valence-electron chi connectivity index (χ1n) is 8.83. The van der Waals surface area contributed by atoms with Crippen LogP contribution in [0, 0.1) is 0 Å². The van der Waals surface area contributed by atoms with Crippen LogP contribution >= 0.6 is 11.6 Å². The van der Waals surface area contributed by atoms with Crippen LogP contribution < -0.4 is 4.74 Å². The first-order chi connectivity index (χ1) is 14.2. The molecule has 152 valence electrons. The molecular weight excluding hydrogens is 419 g/mol. The number of alkyl halides is 3. The number of halogens is 4. The van der Waals surface area contributed by atoms with Crippen molar-refractivity contribution < 1.29 is 27.5 Å². The molecule has 30 heavy (non-hydrogen) atoms. The zero-order chi connectivity index (χ0) is 21.5. The van der Waals surface area contributed by atoms with Crippen molar-refractivity contribution in [3.8, 4) is 11.5 Å². The number of benzene rings is 3. The Hall–Kier alpha value is -3.32. The minimum absolute atomic E-state index is 0.0141. The largest absolute Gasteiger partial charge is 0.457 e. The third-order valence-electron chi connectivity index (χ3n) is 4.62. The molecule has 4 rings (SSSR count). The van der Waals surface area contributed by atoms with Crippen LogP contribution in [0.4, 0.5) is 13.2 Å². The molecule has 0 unspecified atom stereocenters. The summed E-state index contributed by atoms with van der Waals surface area (Å²) in [7, 11) is 0. The summed E-state index contributed by atoms with van der Waals surface area (Å²) >= 11 is 5.61. The number of hydrogen-bond donors (Lipinski definition) is 0. The maximum absolute atomic E-state index is 13.0. The number of imide groups is 1. The average molecular weight is 432 g/mol. The van der Waals surface area contributed by atoms with Crippen LogP contribution in [0.1, 0.15) is 31.8 Å². The summed E-state index contributed by atoms with van der Waals surface area (Å²) < 4.78 is 44.4. The maximum Gasteiger partial charge on any atom is 0.417 e. The lowest BCUT2D eigenvalue weighted by atomic mass is 10.1. The van der Waals surface area contributed by atoms with Crippen LogP contribution in [0.3, 0.4) is 0 Å². The van der Waals surface area contributed by atoms with E-state index in [0.717, 1.165) is 17.0 Å². The second-order valence-corrected chi connectivity index (χ2v) is 7.03. The van der Waals surface area contributed by atoms with E-state index < -0.39 is 16.8 Å². The third-order valence-corrected chi connectivity index (χ3v) is 4.95. The van der Waals surface area contributed by atoms with Gasteiger partial charge in [-0.1, -0.05) is 35.9 Å². The number of amides is 2. The minimum atomic E-state index is -4.59. The van der Waals surface area contributed by atoms with Gasteiger partial charge in [0.2, 0.25) is 0 Å². The Morgan fingerprint density at radius 1 is 0.833 bits per heavy atom. The Morgan fingerprint density at radius 2 is 1.40 bits per heavy atom. The van der Waals surface area contributed by atoms with Crippen molar-refractivity contribution in [3.63, 3.8) is 0 Å².